The molecule has 2 aromatic rings. The molecule has 0 aromatic heterocycles. The fourth-order valence-electron chi connectivity index (χ4n) is 2.56. The second-order valence-electron chi connectivity index (χ2n) is 5.24. The average molecular weight is 445 g/mol. The third-order valence-electron chi connectivity index (χ3n) is 3.70. The number of benzene rings is 2. The second-order valence-corrected chi connectivity index (χ2v) is 7.39. The maximum Gasteiger partial charge on any atom is 0.163 e. The molecular weight excluding hydrogens is 431 g/mol. The Hall–Kier alpha value is -0.840. The molecule has 0 heterocycles. The van der Waals surface area contributed by atoms with E-state index in [9.17, 15) is 4.79 Å². The van der Waals surface area contributed by atoms with Gasteiger partial charge in [0.05, 0.1) is 4.47 Å². The molecule has 2 nitrogen and oxygen atoms in total. The summed E-state index contributed by atoms with van der Waals surface area (Å²) in [7, 11) is 0. The van der Waals surface area contributed by atoms with Crippen LogP contribution < -0.4 is 4.74 Å². The zero-order valence-corrected chi connectivity index (χ0v) is 15.6. The maximum absolute atomic E-state index is 12.0. The number of ketones is 1. The highest BCUT2D eigenvalue weighted by Gasteiger charge is 2.19. The van der Waals surface area contributed by atoms with Crippen LogP contribution >= 0.6 is 43.5 Å². The van der Waals surface area contributed by atoms with E-state index in [2.05, 4.69) is 31.9 Å². The fourth-order valence-corrected chi connectivity index (χ4v) is 3.62. The van der Waals surface area contributed by atoms with Crippen molar-refractivity contribution in [3.63, 3.8) is 0 Å². The Bertz CT molecular complexity index is 744. The molecule has 2 aromatic carbocycles. The molecule has 0 fully saturated rings. The van der Waals surface area contributed by atoms with Crippen LogP contribution in [-0.4, -0.2) is 5.78 Å². The van der Waals surface area contributed by atoms with E-state index in [1.165, 1.54) is 0 Å². The predicted molar refractivity (Wildman–Crippen MR) is 94.9 cm³/mol. The van der Waals surface area contributed by atoms with Crippen molar-refractivity contribution in [2.24, 2.45) is 0 Å². The summed E-state index contributed by atoms with van der Waals surface area (Å²) in [6, 6.07) is 9.42. The normalized spacial score (nSPS) is 13.9. The van der Waals surface area contributed by atoms with Crippen LogP contribution in [0, 0.1) is 0 Å². The van der Waals surface area contributed by atoms with Gasteiger partial charge < -0.3 is 4.74 Å². The zero-order chi connectivity index (χ0) is 15.7. The van der Waals surface area contributed by atoms with E-state index in [1.54, 1.807) is 0 Å². The molecule has 0 atom stereocenters. The van der Waals surface area contributed by atoms with Gasteiger partial charge in [0, 0.05) is 27.0 Å². The van der Waals surface area contributed by atoms with Crippen LogP contribution in [0.5, 0.6) is 5.75 Å². The number of hydrogen-bond donors (Lipinski definition) is 0. The number of Topliss-reactive ketones (excluding diaryl/α,β-unsaturated/α-hetero) is 1. The van der Waals surface area contributed by atoms with Crippen molar-refractivity contribution in [1.82, 2.24) is 0 Å². The van der Waals surface area contributed by atoms with Gasteiger partial charge in [-0.2, -0.15) is 0 Å². The van der Waals surface area contributed by atoms with Crippen molar-refractivity contribution in [2.75, 3.05) is 0 Å². The van der Waals surface area contributed by atoms with Gasteiger partial charge in [-0.3, -0.25) is 4.79 Å². The Labute approximate surface area is 151 Å². The molecule has 3 rings (SSSR count). The minimum absolute atomic E-state index is 0.197. The molecule has 0 unspecified atom stereocenters. The molecule has 114 valence electrons. The Morgan fingerprint density at radius 1 is 1.09 bits per heavy atom. The number of carbonyl (C=O) groups excluding carboxylic acids is 1. The summed E-state index contributed by atoms with van der Waals surface area (Å²) in [4.78, 5) is 12.0. The van der Waals surface area contributed by atoms with Gasteiger partial charge in [-0.05, 0) is 64.7 Å². The van der Waals surface area contributed by atoms with Crippen LogP contribution in [0.15, 0.2) is 39.3 Å². The highest BCUT2D eigenvalue weighted by atomic mass is 79.9. The van der Waals surface area contributed by atoms with Gasteiger partial charge in [0.2, 0.25) is 0 Å². The fraction of sp³-hybridized carbons (Fsp3) is 0.235. The maximum atomic E-state index is 12.0. The number of aryl methyl sites for hydroxylation is 1. The lowest BCUT2D eigenvalue weighted by molar-refractivity contribution is 0.0972. The lowest BCUT2D eigenvalue weighted by Crippen LogP contribution is -2.11. The smallest absolute Gasteiger partial charge is 0.163 e. The minimum Gasteiger partial charge on any atom is -0.488 e. The van der Waals surface area contributed by atoms with Gasteiger partial charge in [-0.1, -0.05) is 27.5 Å². The number of fused-ring (bicyclic) bond motifs is 1. The lowest BCUT2D eigenvalue weighted by atomic mass is 9.90. The molecule has 0 bridgehead atoms. The van der Waals surface area contributed by atoms with Gasteiger partial charge in [0.25, 0.3) is 0 Å². The van der Waals surface area contributed by atoms with Crippen LogP contribution in [0.2, 0.25) is 5.02 Å². The SMILES string of the molecule is O=C1CCCc2cc(Br)c(OCc3cc(Cl)ccc3Br)cc21. The molecular formula is C17H13Br2ClO2. The first-order valence-electron chi connectivity index (χ1n) is 6.97. The van der Waals surface area contributed by atoms with Crippen LogP contribution in [-0.2, 0) is 13.0 Å². The number of carbonyl (C=O) groups is 1. The molecule has 1 aliphatic rings. The third-order valence-corrected chi connectivity index (χ3v) is 5.33. The summed E-state index contributed by atoms with van der Waals surface area (Å²) in [5, 5.41) is 0.668. The van der Waals surface area contributed by atoms with Crippen LogP contribution in [0.1, 0.15) is 34.3 Å². The molecule has 0 radical (unpaired) electrons. The quantitative estimate of drug-likeness (QED) is 0.584. The van der Waals surface area contributed by atoms with Crippen molar-refractivity contribution in [1.29, 1.82) is 0 Å². The van der Waals surface area contributed by atoms with Crippen LogP contribution in [0.25, 0.3) is 0 Å². The predicted octanol–water partition coefficient (Wildman–Crippen LogP) is 5.96. The molecule has 0 N–H and O–H groups in total. The van der Waals surface area contributed by atoms with Gasteiger partial charge in [-0.15, -0.1) is 0 Å². The minimum atomic E-state index is 0.197. The summed E-state index contributed by atoms with van der Waals surface area (Å²) in [5.74, 6) is 0.878. The standard InChI is InChI=1S/C17H13Br2ClO2/c18-14-5-4-12(20)6-11(14)9-22-17-8-13-10(7-15(17)19)2-1-3-16(13)21/h4-8H,1-3,9H2. The average Bonchev–Trinajstić information content (AvgIpc) is 2.49. The Morgan fingerprint density at radius 3 is 2.73 bits per heavy atom. The largest absolute Gasteiger partial charge is 0.488 e. The summed E-state index contributed by atoms with van der Waals surface area (Å²) < 4.78 is 7.71. The first-order valence-corrected chi connectivity index (χ1v) is 8.93. The molecule has 1 aliphatic carbocycles. The van der Waals surface area contributed by atoms with E-state index in [-0.39, 0.29) is 5.78 Å². The highest BCUT2D eigenvalue weighted by Crippen LogP contribution is 2.33. The van der Waals surface area contributed by atoms with E-state index < -0.39 is 0 Å². The van der Waals surface area contributed by atoms with Crippen LogP contribution in [0.3, 0.4) is 0 Å². The first kappa shape index (κ1) is 16.0. The molecule has 0 aliphatic heterocycles. The van der Waals surface area contributed by atoms with E-state index in [1.807, 2.05) is 30.3 Å². The Kier molecular flexibility index (Phi) is 4.91. The highest BCUT2D eigenvalue weighted by molar-refractivity contribution is 9.10. The van der Waals surface area contributed by atoms with Crippen LogP contribution in [0.4, 0.5) is 0 Å². The summed E-state index contributed by atoms with van der Waals surface area (Å²) in [6.45, 7) is 0.382. The second kappa shape index (κ2) is 6.73. The first-order chi connectivity index (χ1) is 10.5. The van der Waals surface area contributed by atoms with E-state index >= 15 is 0 Å². The van der Waals surface area contributed by atoms with Gasteiger partial charge in [0.1, 0.15) is 12.4 Å². The van der Waals surface area contributed by atoms with Crippen molar-refractivity contribution >= 4 is 49.2 Å². The third kappa shape index (κ3) is 3.39. The monoisotopic (exact) mass is 442 g/mol. The van der Waals surface area contributed by atoms with Gasteiger partial charge >= 0.3 is 0 Å². The summed E-state index contributed by atoms with van der Waals surface area (Å²) in [6.07, 6.45) is 2.49. The molecule has 22 heavy (non-hydrogen) atoms. The molecule has 0 spiro atoms. The Balaban J connectivity index is 1.85. The van der Waals surface area contributed by atoms with Gasteiger partial charge in [-0.25, -0.2) is 0 Å². The molecule has 0 saturated carbocycles. The van der Waals surface area contributed by atoms with Crippen molar-refractivity contribution < 1.29 is 9.53 Å². The van der Waals surface area contributed by atoms with Crippen molar-refractivity contribution in [3.8, 4) is 5.75 Å². The Morgan fingerprint density at radius 2 is 1.91 bits per heavy atom. The van der Waals surface area contributed by atoms with Crippen molar-refractivity contribution in [2.45, 2.75) is 25.9 Å². The number of hydrogen-bond acceptors (Lipinski definition) is 2. The lowest BCUT2D eigenvalue weighted by Gasteiger charge is -2.17. The summed E-state index contributed by atoms with van der Waals surface area (Å²) >= 11 is 13.0. The number of rotatable bonds is 3. The summed E-state index contributed by atoms with van der Waals surface area (Å²) in [5.41, 5.74) is 2.84. The number of halogens is 3. The van der Waals surface area contributed by atoms with E-state index in [4.69, 9.17) is 16.3 Å². The van der Waals surface area contributed by atoms with Gasteiger partial charge in [0.15, 0.2) is 5.78 Å². The molecule has 5 heteroatoms. The van der Waals surface area contributed by atoms with E-state index in [0.717, 1.165) is 38.5 Å². The molecule has 0 amide bonds. The number of ether oxygens (including phenoxy) is 1. The van der Waals surface area contributed by atoms with E-state index in [0.29, 0.717) is 23.8 Å². The zero-order valence-electron chi connectivity index (χ0n) is 11.7. The molecule has 0 saturated heterocycles. The van der Waals surface area contributed by atoms with Crippen molar-refractivity contribution in [3.05, 3.63) is 61.0 Å². The topological polar surface area (TPSA) is 26.3 Å².